The smallest absolute Gasteiger partial charge is 0.354 e. The fourth-order valence-corrected chi connectivity index (χ4v) is 2.74. The van der Waals surface area contributed by atoms with E-state index in [0.29, 0.717) is 33.2 Å². The van der Waals surface area contributed by atoms with Crippen LogP contribution in [0.2, 0.25) is 5.02 Å². The van der Waals surface area contributed by atoms with Crippen molar-refractivity contribution in [3.63, 3.8) is 0 Å². The van der Waals surface area contributed by atoms with E-state index < -0.39 is 5.69 Å². The minimum Gasteiger partial charge on any atom is -0.496 e. The normalized spacial score (nSPS) is 11.8. The summed E-state index contributed by atoms with van der Waals surface area (Å²) in [6, 6.07) is 6.53. The molecular formula is C18H15ClN4O2. The van der Waals surface area contributed by atoms with Crippen LogP contribution in [0.15, 0.2) is 41.5 Å². The summed E-state index contributed by atoms with van der Waals surface area (Å²) in [7, 11) is 1.53. The number of pyridine rings is 1. The Balaban J connectivity index is 2.42. The molecule has 3 aromatic rings. The molecule has 0 amide bonds. The third-order valence-corrected chi connectivity index (χ3v) is 3.87. The second-order valence-corrected chi connectivity index (χ2v) is 5.76. The molecule has 1 aromatic carbocycles. The average molecular weight is 355 g/mol. The molecule has 6 nitrogen and oxygen atoms in total. The molecule has 2 heterocycles. The Labute approximate surface area is 149 Å². The van der Waals surface area contributed by atoms with Crippen LogP contribution < -0.4 is 15.7 Å². The van der Waals surface area contributed by atoms with Gasteiger partial charge in [-0.15, -0.1) is 6.42 Å². The highest BCUT2D eigenvalue weighted by atomic mass is 35.5. The summed E-state index contributed by atoms with van der Waals surface area (Å²) in [5.41, 5.74) is 0.645. The molecule has 0 saturated heterocycles. The number of hydrogen-bond acceptors (Lipinski definition) is 5. The Morgan fingerprint density at radius 1 is 1.44 bits per heavy atom. The standard InChI is InChI=1S/C18H15ClN4O2/c1-4-11(2)21-17-16-14(8-12(19)9-15(16)25-3)23(18(24)22-17)13-6-5-7-20-10-13/h1,5-11H,2-3H3,(H,21,22,24). The van der Waals surface area contributed by atoms with Gasteiger partial charge in [-0.25, -0.2) is 4.79 Å². The van der Waals surface area contributed by atoms with Crippen molar-refractivity contribution in [3.05, 3.63) is 52.2 Å². The molecule has 1 N–H and O–H groups in total. The first-order chi connectivity index (χ1) is 12.0. The molecule has 1 atom stereocenters. The number of rotatable bonds is 4. The van der Waals surface area contributed by atoms with Crippen molar-refractivity contribution in [2.45, 2.75) is 13.0 Å². The molecule has 0 aliphatic carbocycles. The predicted molar refractivity (Wildman–Crippen MR) is 98.6 cm³/mol. The Morgan fingerprint density at radius 3 is 2.88 bits per heavy atom. The van der Waals surface area contributed by atoms with Crippen molar-refractivity contribution in [3.8, 4) is 23.8 Å². The SMILES string of the molecule is C#CC(C)Nc1nc(=O)n(-c2cccnc2)c2cc(Cl)cc(OC)c12. The maximum Gasteiger partial charge on any atom is 0.354 e. The third-order valence-electron chi connectivity index (χ3n) is 3.65. The summed E-state index contributed by atoms with van der Waals surface area (Å²) < 4.78 is 6.88. The summed E-state index contributed by atoms with van der Waals surface area (Å²) in [6.07, 6.45) is 8.64. The van der Waals surface area contributed by atoms with Gasteiger partial charge in [0, 0.05) is 11.2 Å². The molecule has 0 saturated carbocycles. The average Bonchev–Trinajstić information content (AvgIpc) is 2.61. The fourth-order valence-electron chi connectivity index (χ4n) is 2.53. The Hall–Kier alpha value is -3.04. The van der Waals surface area contributed by atoms with E-state index in [2.05, 4.69) is 21.2 Å². The van der Waals surface area contributed by atoms with E-state index >= 15 is 0 Å². The van der Waals surface area contributed by atoms with Crippen molar-refractivity contribution in [2.75, 3.05) is 12.4 Å². The number of halogens is 1. The van der Waals surface area contributed by atoms with Crippen molar-refractivity contribution in [1.82, 2.24) is 14.5 Å². The van der Waals surface area contributed by atoms with Crippen LogP contribution in [-0.4, -0.2) is 27.7 Å². The van der Waals surface area contributed by atoms with Gasteiger partial charge < -0.3 is 10.1 Å². The quantitative estimate of drug-likeness (QED) is 0.730. The highest BCUT2D eigenvalue weighted by Crippen LogP contribution is 2.34. The minimum absolute atomic E-state index is 0.315. The number of fused-ring (bicyclic) bond motifs is 1. The van der Waals surface area contributed by atoms with E-state index in [1.807, 2.05) is 0 Å². The van der Waals surface area contributed by atoms with E-state index in [1.165, 1.54) is 11.7 Å². The van der Waals surface area contributed by atoms with Gasteiger partial charge in [0.05, 0.1) is 35.9 Å². The lowest BCUT2D eigenvalue weighted by atomic mass is 10.2. The number of nitrogens with one attached hydrogen (secondary N) is 1. The van der Waals surface area contributed by atoms with Crippen LogP contribution in [0.5, 0.6) is 5.75 Å². The van der Waals surface area contributed by atoms with Crippen LogP contribution in [0.1, 0.15) is 6.92 Å². The topological polar surface area (TPSA) is 69.0 Å². The van der Waals surface area contributed by atoms with E-state index in [1.54, 1.807) is 43.6 Å². The number of ether oxygens (including phenoxy) is 1. The summed E-state index contributed by atoms with van der Waals surface area (Å²) in [6.45, 7) is 1.79. The minimum atomic E-state index is -0.475. The zero-order chi connectivity index (χ0) is 18.0. The van der Waals surface area contributed by atoms with Gasteiger partial charge in [0.25, 0.3) is 0 Å². The lowest BCUT2D eigenvalue weighted by Crippen LogP contribution is -2.25. The van der Waals surface area contributed by atoms with Gasteiger partial charge in [0.15, 0.2) is 0 Å². The first kappa shape index (κ1) is 16.8. The van der Waals surface area contributed by atoms with Gasteiger partial charge in [-0.3, -0.25) is 9.55 Å². The van der Waals surface area contributed by atoms with Gasteiger partial charge in [0.1, 0.15) is 11.6 Å². The maximum absolute atomic E-state index is 12.7. The molecule has 1 unspecified atom stereocenters. The molecule has 0 fully saturated rings. The summed E-state index contributed by atoms with van der Waals surface area (Å²) >= 11 is 6.22. The van der Waals surface area contributed by atoms with Crippen LogP contribution in [-0.2, 0) is 0 Å². The highest BCUT2D eigenvalue weighted by Gasteiger charge is 2.18. The van der Waals surface area contributed by atoms with Gasteiger partial charge in [-0.05, 0) is 31.2 Å². The van der Waals surface area contributed by atoms with Crippen molar-refractivity contribution < 1.29 is 4.74 Å². The number of hydrogen-bond donors (Lipinski definition) is 1. The van der Waals surface area contributed by atoms with Crippen molar-refractivity contribution in [1.29, 1.82) is 0 Å². The Bertz CT molecular complexity index is 1030. The molecule has 0 bridgehead atoms. The summed E-state index contributed by atoms with van der Waals surface area (Å²) in [5.74, 6) is 3.39. The van der Waals surface area contributed by atoms with Crippen molar-refractivity contribution >= 4 is 28.3 Å². The molecule has 0 radical (unpaired) electrons. The van der Waals surface area contributed by atoms with Gasteiger partial charge >= 0.3 is 5.69 Å². The first-order valence-corrected chi connectivity index (χ1v) is 7.86. The number of terminal acetylenes is 1. The van der Waals surface area contributed by atoms with Crippen molar-refractivity contribution in [2.24, 2.45) is 0 Å². The zero-order valence-electron chi connectivity index (χ0n) is 13.7. The number of nitrogens with zero attached hydrogens (tertiary/aromatic N) is 3. The number of aromatic nitrogens is 3. The lowest BCUT2D eigenvalue weighted by molar-refractivity contribution is 0.419. The number of methoxy groups -OCH3 is 1. The van der Waals surface area contributed by atoms with Gasteiger partial charge in [-0.2, -0.15) is 4.98 Å². The molecule has 2 aromatic heterocycles. The zero-order valence-corrected chi connectivity index (χ0v) is 14.4. The molecule has 25 heavy (non-hydrogen) atoms. The fraction of sp³-hybridized carbons (Fsp3) is 0.167. The predicted octanol–water partition coefficient (Wildman–Crippen LogP) is 2.88. The third kappa shape index (κ3) is 3.14. The molecule has 3 rings (SSSR count). The molecule has 0 spiro atoms. The van der Waals surface area contributed by atoms with Crippen LogP contribution >= 0.6 is 11.6 Å². The maximum atomic E-state index is 12.7. The second-order valence-electron chi connectivity index (χ2n) is 5.32. The highest BCUT2D eigenvalue weighted by molar-refractivity contribution is 6.31. The monoisotopic (exact) mass is 354 g/mol. The van der Waals surface area contributed by atoms with Gasteiger partial charge in [0.2, 0.25) is 0 Å². The molecule has 7 heteroatoms. The van der Waals surface area contributed by atoms with E-state index in [0.717, 1.165) is 0 Å². The summed E-state index contributed by atoms with van der Waals surface area (Å²) in [4.78, 5) is 20.9. The first-order valence-electron chi connectivity index (χ1n) is 7.48. The van der Waals surface area contributed by atoms with Crippen LogP contribution in [0.4, 0.5) is 5.82 Å². The largest absolute Gasteiger partial charge is 0.496 e. The van der Waals surface area contributed by atoms with Crippen LogP contribution in [0, 0.1) is 12.3 Å². The van der Waals surface area contributed by atoms with E-state index in [9.17, 15) is 4.79 Å². The van der Waals surface area contributed by atoms with E-state index in [4.69, 9.17) is 22.8 Å². The number of benzene rings is 1. The van der Waals surface area contributed by atoms with Gasteiger partial charge in [-0.1, -0.05) is 17.5 Å². The Morgan fingerprint density at radius 2 is 2.24 bits per heavy atom. The molecule has 0 aliphatic rings. The summed E-state index contributed by atoms with van der Waals surface area (Å²) in [5, 5.41) is 4.09. The molecule has 126 valence electrons. The van der Waals surface area contributed by atoms with E-state index in [-0.39, 0.29) is 6.04 Å². The van der Waals surface area contributed by atoms with Crippen LogP contribution in [0.25, 0.3) is 16.6 Å². The van der Waals surface area contributed by atoms with Crippen LogP contribution in [0.3, 0.4) is 0 Å². The second kappa shape index (κ2) is 6.83. The Kier molecular flexibility index (Phi) is 4.59. The lowest BCUT2D eigenvalue weighted by Gasteiger charge is -2.17. The molecular weight excluding hydrogens is 340 g/mol. The molecule has 0 aliphatic heterocycles. The number of anilines is 1.